The van der Waals surface area contributed by atoms with Gasteiger partial charge in [0, 0.05) is 17.0 Å². The van der Waals surface area contributed by atoms with Gasteiger partial charge in [-0.1, -0.05) is 11.8 Å². The zero-order valence-electron chi connectivity index (χ0n) is 8.28. The van der Waals surface area contributed by atoms with Crippen LogP contribution in [0.1, 0.15) is 10.4 Å². The summed E-state index contributed by atoms with van der Waals surface area (Å²) in [5.74, 6) is 5.63. The summed E-state index contributed by atoms with van der Waals surface area (Å²) in [4.78, 5) is 0.904. The Morgan fingerprint density at radius 2 is 2.33 bits per heavy atom. The molecule has 0 radical (unpaired) electrons. The number of hydrogen-bond donors (Lipinski definition) is 2. The van der Waals surface area contributed by atoms with Crippen LogP contribution in [0.5, 0.6) is 0 Å². The predicted molar refractivity (Wildman–Crippen MR) is 61.9 cm³/mol. The third-order valence-corrected chi connectivity index (χ3v) is 3.16. The van der Waals surface area contributed by atoms with Gasteiger partial charge in [-0.05, 0) is 11.4 Å². The fourth-order valence-electron chi connectivity index (χ4n) is 0.932. The molecule has 0 aromatic carbocycles. The van der Waals surface area contributed by atoms with E-state index in [4.69, 9.17) is 5.73 Å². The van der Waals surface area contributed by atoms with E-state index in [-0.39, 0.29) is 6.54 Å². The molecular formula is C9H12N2O2S2. The van der Waals surface area contributed by atoms with Gasteiger partial charge in [0.25, 0.3) is 0 Å². The van der Waals surface area contributed by atoms with Crippen molar-refractivity contribution in [2.75, 3.05) is 12.8 Å². The SMILES string of the molecule is CS(=O)(=O)NCc1sccc1C#CCN. The Labute approximate surface area is 93.5 Å². The maximum absolute atomic E-state index is 10.9. The van der Waals surface area contributed by atoms with Crippen molar-refractivity contribution in [2.24, 2.45) is 5.73 Å². The number of thiophene rings is 1. The molecule has 0 unspecified atom stereocenters. The van der Waals surface area contributed by atoms with Crippen molar-refractivity contribution in [2.45, 2.75) is 6.54 Å². The van der Waals surface area contributed by atoms with E-state index in [1.807, 2.05) is 11.4 Å². The Morgan fingerprint density at radius 3 is 2.93 bits per heavy atom. The standard InChI is InChI=1S/C9H12N2O2S2/c1-15(12,13)11-7-9-8(3-2-5-10)4-6-14-9/h4,6,11H,5,7,10H2,1H3. The van der Waals surface area contributed by atoms with E-state index in [1.165, 1.54) is 11.3 Å². The van der Waals surface area contributed by atoms with Crippen LogP contribution in [-0.2, 0) is 16.6 Å². The summed E-state index contributed by atoms with van der Waals surface area (Å²) < 4.78 is 24.2. The lowest BCUT2D eigenvalue weighted by Crippen LogP contribution is -2.21. The molecule has 0 amide bonds. The van der Waals surface area contributed by atoms with E-state index in [2.05, 4.69) is 16.6 Å². The molecule has 0 bridgehead atoms. The predicted octanol–water partition coefficient (Wildman–Crippen LogP) is 0.108. The molecule has 0 aliphatic rings. The maximum Gasteiger partial charge on any atom is 0.209 e. The highest BCUT2D eigenvalue weighted by Crippen LogP contribution is 2.15. The minimum absolute atomic E-state index is 0.283. The van der Waals surface area contributed by atoms with Gasteiger partial charge in [-0.25, -0.2) is 13.1 Å². The van der Waals surface area contributed by atoms with Crippen LogP contribution in [-0.4, -0.2) is 21.2 Å². The first-order valence-corrected chi connectivity index (χ1v) is 7.00. The summed E-state index contributed by atoms with van der Waals surface area (Å²) in [7, 11) is -3.15. The first-order chi connectivity index (χ1) is 7.03. The Morgan fingerprint density at radius 1 is 1.60 bits per heavy atom. The van der Waals surface area contributed by atoms with Crippen LogP contribution in [0.3, 0.4) is 0 Å². The van der Waals surface area contributed by atoms with E-state index in [0.29, 0.717) is 6.54 Å². The number of nitrogens with one attached hydrogen (secondary N) is 1. The lowest BCUT2D eigenvalue weighted by molar-refractivity contribution is 0.588. The van der Waals surface area contributed by atoms with E-state index in [9.17, 15) is 8.42 Å². The molecular weight excluding hydrogens is 232 g/mol. The average molecular weight is 244 g/mol. The Hall–Kier alpha value is -0.870. The molecule has 15 heavy (non-hydrogen) atoms. The van der Waals surface area contributed by atoms with Crippen molar-refractivity contribution >= 4 is 21.4 Å². The average Bonchev–Trinajstić information content (AvgIpc) is 2.57. The van der Waals surface area contributed by atoms with Gasteiger partial charge in [-0.15, -0.1) is 11.3 Å². The van der Waals surface area contributed by atoms with Gasteiger partial charge in [-0.2, -0.15) is 0 Å². The molecule has 6 heteroatoms. The van der Waals surface area contributed by atoms with Crippen LogP contribution >= 0.6 is 11.3 Å². The normalized spacial score (nSPS) is 10.8. The first-order valence-electron chi connectivity index (χ1n) is 4.23. The van der Waals surface area contributed by atoms with Crippen molar-refractivity contribution in [3.63, 3.8) is 0 Å². The largest absolute Gasteiger partial charge is 0.320 e. The second-order valence-corrected chi connectivity index (χ2v) is 5.69. The number of sulfonamides is 1. The highest BCUT2D eigenvalue weighted by atomic mass is 32.2. The summed E-state index contributed by atoms with van der Waals surface area (Å²) in [6, 6.07) is 1.85. The highest BCUT2D eigenvalue weighted by Gasteiger charge is 2.05. The maximum atomic E-state index is 10.9. The summed E-state index contributed by atoms with van der Waals surface area (Å²) in [6.45, 7) is 0.583. The molecule has 0 aliphatic heterocycles. The summed E-state index contributed by atoms with van der Waals surface area (Å²) >= 11 is 1.47. The van der Waals surface area contributed by atoms with Crippen molar-refractivity contribution in [3.05, 3.63) is 21.9 Å². The van der Waals surface area contributed by atoms with Crippen LogP contribution in [0.2, 0.25) is 0 Å². The lowest BCUT2D eigenvalue weighted by atomic mass is 10.2. The minimum atomic E-state index is -3.15. The summed E-state index contributed by atoms with van der Waals surface area (Å²) in [5.41, 5.74) is 6.09. The molecule has 82 valence electrons. The zero-order chi connectivity index (χ0) is 11.3. The van der Waals surface area contributed by atoms with Gasteiger partial charge < -0.3 is 5.73 Å². The Balaban J connectivity index is 2.74. The number of rotatable bonds is 3. The molecule has 0 fully saturated rings. The molecule has 4 nitrogen and oxygen atoms in total. The molecule has 1 heterocycles. The molecule has 1 aromatic rings. The molecule has 0 aliphatic carbocycles. The van der Waals surface area contributed by atoms with Gasteiger partial charge in [0.15, 0.2) is 0 Å². The van der Waals surface area contributed by atoms with Crippen LogP contribution in [0, 0.1) is 11.8 Å². The first kappa shape index (κ1) is 12.2. The van der Waals surface area contributed by atoms with Gasteiger partial charge in [0.1, 0.15) is 0 Å². The topological polar surface area (TPSA) is 72.2 Å². The van der Waals surface area contributed by atoms with Gasteiger partial charge in [0.05, 0.1) is 12.8 Å². The van der Waals surface area contributed by atoms with Crippen LogP contribution in [0.25, 0.3) is 0 Å². The molecule has 0 saturated carbocycles. The monoisotopic (exact) mass is 244 g/mol. The van der Waals surface area contributed by atoms with Crippen LogP contribution in [0.4, 0.5) is 0 Å². The second-order valence-electron chi connectivity index (χ2n) is 2.86. The Kier molecular flexibility index (Phi) is 4.29. The summed E-state index contributed by atoms with van der Waals surface area (Å²) in [5, 5.41) is 1.87. The fourth-order valence-corrected chi connectivity index (χ4v) is 2.20. The van der Waals surface area contributed by atoms with Crippen molar-refractivity contribution < 1.29 is 8.42 Å². The quantitative estimate of drug-likeness (QED) is 0.741. The molecule has 3 N–H and O–H groups in total. The van der Waals surface area contributed by atoms with Crippen molar-refractivity contribution in [1.82, 2.24) is 4.72 Å². The van der Waals surface area contributed by atoms with E-state index < -0.39 is 10.0 Å². The van der Waals surface area contributed by atoms with Gasteiger partial charge in [-0.3, -0.25) is 0 Å². The van der Waals surface area contributed by atoms with Crippen molar-refractivity contribution in [1.29, 1.82) is 0 Å². The second kappa shape index (κ2) is 5.28. The zero-order valence-corrected chi connectivity index (χ0v) is 9.91. The number of hydrogen-bond acceptors (Lipinski definition) is 4. The molecule has 1 aromatic heterocycles. The van der Waals surface area contributed by atoms with E-state index in [1.54, 1.807) is 0 Å². The number of nitrogens with two attached hydrogens (primary N) is 1. The van der Waals surface area contributed by atoms with Crippen LogP contribution < -0.4 is 10.5 Å². The third kappa shape index (κ3) is 4.44. The summed E-state index contributed by atoms with van der Waals surface area (Å²) in [6.07, 6.45) is 1.13. The lowest BCUT2D eigenvalue weighted by Gasteiger charge is -1.99. The molecule has 1 rings (SSSR count). The smallest absolute Gasteiger partial charge is 0.209 e. The van der Waals surface area contributed by atoms with Crippen LogP contribution in [0.15, 0.2) is 11.4 Å². The van der Waals surface area contributed by atoms with E-state index >= 15 is 0 Å². The molecule has 0 spiro atoms. The molecule has 0 atom stereocenters. The van der Waals surface area contributed by atoms with Gasteiger partial charge in [0.2, 0.25) is 10.0 Å². The minimum Gasteiger partial charge on any atom is -0.320 e. The fraction of sp³-hybridized carbons (Fsp3) is 0.333. The Bertz CT molecular complexity index is 480. The molecule has 0 saturated heterocycles. The van der Waals surface area contributed by atoms with Gasteiger partial charge >= 0.3 is 0 Å². The highest BCUT2D eigenvalue weighted by molar-refractivity contribution is 7.88. The van der Waals surface area contributed by atoms with Crippen molar-refractivity contribution in [3.8, 4) is 11.8 Å². The third-order valence-electron chi connectivity index (χ3n) is 1.57. The van der Waals surface area contributed by atoms with E-state index in [0.717, 1.165) is 16.7 Å².